The van der Waals surface area contributed by atoms with E-state index in [0.717, 1.165) is 45.1 Å². The molecule has 3 aromatic carbocycles. The number of pyridine rings is 2. The van der Waals surface area contributed by atoms with Gasteiger partial charge in [0.15, 0.2) is 0 Å². The standard InChI is InChI=1S/C44H42N5.Pt/c1-29-30(2)49-27-33(43(6,7)40-26-31(20-21-45-40)42(3,4)5)25-39(41(49)46-29)44(32-14-13-15-34(24-32)48-23-22-47(8)28-48)37-18-11-9-16-35(37)36-17-10-12-19-38(36)44;/h9-23,26-28H,1-8H3;/q-3;. The molecule has 0 saturated heterocycles. The number of nitrogens with zero attached hydrogens (tertiary/aromatic N) is 5. The van der Waals surface area contributed by atoms with Crippen molar-refractivity contribution in [2.45, 2.75) is 64.7 Å². The summed E-state index contributed by atoms with van der Waals surface area (Å²) in [6, 6.07) is 36.6. The van der Waals surface area contributed by atoms with E-state index in [2.05, 4.69) is 179 Å². The van der Waals surface area contributed by atoms with Crippen molar-refractivity contribution in [2.24, 2.45) is 0 Å². The molecular weight excluding hydrogens is 794 g/mol. The molecule has 1 aliphatic carbocycles. The number of fused-ring (bicyclic) bond motifs is 4. The molecule has 5 nitrogen and oxygen atoms in total. The zero-order valence-corrected chi connectivity index (χ0v) is 32.2. The Labute approximate surface area is 311 Å². The van der Waals surface area contributed by atoms with Crippen molar-refractivity contribution < 1.29 is 21.1 Å². The van der Waals surface area contributed by atoms with Crippen molar-refractivity contribution >= 4 is 11.3 Å². The Morgan fingerprint density at radius 3 is 2.12 bits per heavy atom. The Kier molecular flexibility index (Phi) is 8.22. The molecule has 6 aromatic rings. The molecule has 0 amide bonds. The normalized spacial score (nSPS) is 15.0. The molecule has 4 heterocycles. The van der Waals surface area contributed by atoms with Crippen LogP contribution >= 0.6 is 0 Å². The summed E-state index contributed by atoms with van der Waals surface area (Å²) in [5.41, 5.74) is 13.1. The van der Waals surface area contributed by atoms with Crippen LogP contribution in [0.5, 0.6) is 0 Å². The second kappa shape index (κ2) is 12.1. The maximum atomic E-state index is 5.29. The number of anilines is 1. The van der Waals surface area contributed by atoms with Gasteiger partial charge in [-0.1, -0.05) is 89.3 Å². The van der Waals surface area contributed by atoms with Gasteiger partial charge in [0.25, 0.3) is 0 Å². The minimum absolute atomic E-state index is 0. The molecule has 0 radical (unpaired) electrons. The summed E-state index contributed by atoms with van der Waals surface area (Å²) < 4.78 is 2.28. The quantitative estimate of drug-likeness (QED) is 0.162. The average molecular weight is 836 g/mol. The molecule has 256 valence electrons. The van der Waals surface area contributed by atoms with Gasteiger partial charge in [0, 0.05) is 60.8 Å². The molecule has 0 bridgehead atoms. The number of rotatable bonds is 5. The molecule has 8 rings (SSSR count). The average Bonchev–Trinajstić information content (AvgIpc) is 3.76. The summed E-state index contributed by atoms with van der Waals surface area (Å²) in [7, 11) is 2.04. The molecule has 0 fully saturated rings. The maximum Gasteiger partial charge on any atom is 0.0486 e. The van der Waals surface area contributed by atoms with E-state index in [1.54, 1.807) is 0 Å². The largest absolute Gasteiger partial charge is 0.510 e. The second-order valence-corrected chi connectivity index (χ2v) is 15.1. The van der Waals surface area contributed by atoms with Crippen LogP contribution in [0.2, 0.25) is 0 Å². The number of aryl methyl sites for hydroxylation is 2. The summed E-state index contributed by atoms with van der Waals surface area (Å²) in [4.78, 5) is 14.4. The number of imidazole rings is 1. The fraction of sp³-hybridized carbons (Fsp3) is 0.250. The second-order valence-electron chi connectivity index (χ2n) is 15.1. The van der Waals surface area contributed by atoms with E-state index < -0.39 is 10.8 Å². The molecule has 0 spiro atoms. The van der Waals surface area contributed by atoms with E-state index in [0.29, 0.717) is 0 Å². The van der Waals surface area contributed by atoms with E-state index in [9.17, 15) is 0 Å². The van der Waals surface area contributed by atoms with Gasteiger partial charge in [0.1, 0.15) is 0 Å². The summed E-state index contributed by atoms with van der Waals surface area (Å²) in [6.45, 7) is 17.6. The zero-order valence-electron chi connectivity index (χ0n) is 29.9. The Morgan fingerprint density at radius 2 is 1.48 bits per heavy atom. The third kappa shape index (κ3) is 5.08. The summed E-state index contributed by atoms with van der Waals surface area (Å²) in [6.07, 6.45) is 8.32. The van der Waals surface area contributed by atoms with Crippen molar-refractivity contribution in [1.82, 2.24) is 19.3 Å². The molecular formula is C44H42N5Pt-3. The molecule has 0 unspecified atom stereocenters. The van der Waals surface area contributed by atoms with Crippen molar-refractivity contribution in [1.29, 1.82) is 0 Å². The van der Waals surface area contributed by atoms with E-state index in [4.69, 9.17) is 9.97 Å². The summed E-state index contributed by atoms with van der Waals surface area (Å²) in [5.74, 6) is 0. The summed E-state index contributed by atoms with van der Waals surface area (Å²) >= 11 is 0. The van der Waals surface area contributed by atoms with Crippen LogP contribution in [-0.4, -0.2) is 26.3 Å². The summed E-state index contributed by atoms with van der Waals surface area (Å²) in [5, 5.41) is 0. The van der Waals surface area contributed by atoms with E-state index in [1.807, 2.05) is 13.2 Å². The minimum Gasteiger partial charge on any atom is -0.510 e. The van der Waals surface area contributed by atoms with Gasteiger partial charge in [-0.25, -0.2) is 0 Å². The van der Waals surface area contributed by atoms with Crippen LogP contribution in [-0.2, 0) is 37.3 Å². The van der Waals surface area contributed by atoms with Gasteiger partial charge in [-0.15, -0.1) is 22.4 Å². The molecule has 2 aliphatic rings. The van der Waals surface area contributed by atoms with Crippen LogP contribution in [0, 0.1) is 32.6 Å². The van der Waals surface area contributed by atoms with Crippen LogP contribution in [0.15, 0.2) is 104 Å². The smallest absolute Gasteiger partial charge is 0.0486 e. The third-order valence-electron chi connectivity index (χ3n) is 10.6. The first-order valence-corrected chi connectivity index (χ1v) is 17.1. The molecule has 0 saturated carbocycles. The monoisotopic (exact) mass is 835 g/mol. The molecule has 0 atom stereocenters. The van der Waals surface area contributed by atoms with Crippen LogP contribution in [0.3, 0.4) is 0 Å². The van der Waals surface area contributed by atoms with Gasteiger partial charge in [0.05, 0.1) is 0 Å². The van der Waals surface area contributed by atoms with Gasteiger partial charge >= 0.3 is 0 Å². The van der Waals surface area contributed by atoms with Crippen molar-refractivity contribution in [3.8, 4) is 11.1 Å². The van der Waals surface area contributed by atoms with Crippen LogP contribution in [0.25, 0.3) is 16.8 Å². The van der Waals surface area contributed by atoms with Gasteiger partial charge in [-0.05, 0) is 78.7 Å². The predicted molar refractivity (Wildman–Crippen MR) is 198 cm³/mol. The Bertz CT molecular complexity index is 2240. The number of aromatic nitrogens is 3. The number of benzene rings is 3. The Hall–Kier alpha value is -4.47. The predicted octanol–water partition coefficient (Wildman–Crippen LogP) is 9.27. The van der Waals surface area contributed by atoms with Crippen molar-refractivity contribution in [2.75, 3.05) is 11.9 Å². The van der Waals surface area contributed by atoms with Gasteiger partial charge in [-0.3, -0.25) is 9.97 Å². The van der Waals surface area contributed by atoms with Crippen molar-refractivity contribution in [3.63, 3.8) is 0 Å². The fourth-order valence-electron chi connectivity index (χ4n) is 7.62. The zero-order chi connectivity index (χ0) is 34.3. The molecule has 0 N–H and O–H groups in total. The van der Waals surface area contributed by atoms with E-state index in [1.165, 1.54) is 27.8 Å². The Balaban J connectivity index is 0.00000392. The SMILES string of the molecule is Cc1nc2c(C3(c4[c-]c(N5C=CN(C)[CH-]5)ccc4)c4ccccc4-c4ccccc43)[c-]c(C(C)(C)c3cc(C(C)(C)C)ccn3)cn2c1C.[Pt]. The molecule has 6 heteroatoms. The van der Waals surface area contributed by atoms with Crippen LogP contribution < -0.4 is 4.90 Å². The molecule has 50 heavy (non-hydrogen) atoms. The minimum atomic E-state index is -0.739. The first-order valence-electron chi connectivity index (χ1n) is 17.1. The topological polar surface area (TPSA) is 36.7 Å². The Morgan fingerprint density at radius 1 is 0.800 bits per heavy atom. The number of hydrogen-bond acceptors (Lipinski definition) is 4. The fourth-order valence-corrected chi connectivity index (χ4v) is 7.62. The van der Waals surface area contributed by atoms with Gasteiger partial charge in [0.2, 0.25) is 0 Å². The third-order valence-corrected chi connectivity index (χ3v) is 10.6. The van der Waals surface area contributed by atoms with Gasteiger partial charge < -0.3 is 14.2 Å². The molecule has 1 aliphatic heterocycles. The number of hydrogen-bond donors (Lipinski definition) is 0. The van der Waals surface area contributed by atoms with Crippen LogP contribution in [0.1, 0.15) is 85.1 Å². The van der Waals surface area contributed by atoms with E-state index in [-0.39, 0.29) is 26.5 Å². The first-order chi connectivity index (χ1) is 23.4. The van der Waals surface area contributed by atoms with E-state index >= 15 is 0 Å². The maximum absolute atomic E-state index is 5.29. The molecule has 3 aromatic heterocycles. The van der Waals surface area contributed by atoms with Gasteiger partial charge in [-0.2, -0.15) is 37.0 Å². The van der Waals surface area contributed by atoms with Crippen molar-refractivity contribution in [3.05, 3.63) is 173 Å². The first kappa shape index (κ1) is 34.0. The van der Waals surface area contributed by atoms with Crippen LogP contribution in [0.4, 0.5) is 5.69 Å².